The van der Waals surface area contributed by atoms with E-state index < -0.39 is 0 Å². The van der Waals surface area contributed by atoms with E-state index in [1.54, 1.807) is 6.20 Å². The van der Waals surface area contributed by atoms with Crippen LogP contribution in [0.2, 0.25) is 0 Å². The van der Waals surface area contributed by atoms with E-state index in [0.29, 0.717) is 6.42 Å². The zero-order valence-electron chi connectivity index (χ0n) is 10.4. The van der Waals surface area contributed by atoms with Crippen molar-refractivity contribution in [2.45, 2.75) is 51.9 Å². The van der Waals surface area contributed by atoms with Crippen LogP contribution >= 0.6 is 11.3 Å². The topological polar surface area (TPSA) is 42.0 Å². The lowest BCUT2D eigenvalue weighted by Crippen LogP contribution is -2.14. The van der Waals surface area contributed by atoms with Crippen molar-refractivity contribution in [1.82, 2.24) is 4.98 Å². The number of aryl methyl sites for hydroxylation is 1. The fourth-order valence-electron chi connectivity index (χ4n) is 2.41. The average molecular weight is 252 g/mol. The summed E-state index contributed by atoms with van der Waals surface area (Å²) in [6, 6.07) is 0. The molecule has 0 aliphatic heterocycles. The fraction of sp³-hybridized carbons (Fsp3) is 0.692. The molecule has 1 saturated carbocycles. The molecular formula is C13H20N2OS. The third-order valence-electron chi connectivity index (χ3n) is 3.37. The van der Waals surface area contributed by atoms with Crippen molar-refractivity contribution in [1.29, 1.82) is 0 Å². The largest absolute Gasteiger partial charge is 0.302 e. The maximum atomic E-state index is 11.7. The molecule has 1 fully saturated rings. The van der Waals surface area contributed by atoms with Crippen LogP contribution in [0.4, 0.5) is 5.13 Å². The molecule has 0 unspecified atom stereocenters. The SMILES string of the molecule is Cc1cnc(NC(=O)CCC2CCCCC2)s1. The molecular weight excluding hydrogens is 232 g/mol. The van der Waals surface area contributed by atoms with Gasteiger partial charge in [0.15, 0.2) is 5.13 Å². The Morgan fingerprint density at radius 1 is 1.47 bits per heavy atom. The van der Waals surface area contributed by atoms with E-state index in [0.717, 1.165) is 22.3 Å². The zero-order valence-corrected chi connectivity index (χ0v) is 11.2. The van der Waals surface area contributed by atoms with E-state index in [1.807, 2.05) is 6.92 Å². The van der Waals surface area contributed by atoms with Crippen molar-refractivity contribution in [3.8, 4) is 0 Å². The number of nitrogens with zero attached hydrogens (tertiary/aromatic N) is 1. The van der Waals surface area contributed by atoms with E-state index >= 15 is 0 Å². The molecule has 1 heterocycles. The summed E-state index contributed by atoms with van der Waals surface area (Å²) in [5, 5.41) is 3.60. The van der Waals surface area contributed by atoms with Gasteiger partial charge in [0.25, 0.3) is 0 Å². The lowest BCUT2D eigenvalue weighted by atomic mass is 9.86. The number of hydrogen-bond donors (Lipinski definition) is 1. The Morgan fingerprint density at radius 3 is 2.88 bits per heavy atom. The highest BCUT2D eigenvalue weighted by atomic mass is 32.1. The number of hydrogen-bond acceptors (Lipinski definition) is 3. The van der Waals surface area contributed by atoms with Gasteiger partial charge in [0, 0.05) is 17.5 Å². The number of carbonyl (C=O) groups excluding carboxylic acids is 1. The minimum absolute atomic E-state index is 0.116. The van der Waals surface area contributed by atoms with Gasteiger partial charge in [-0.25, -0.2) is 4.98 Å². The molecule has 0 aromatic carbocycles. The van der Waals surface area contributed by atoms with E-state index in [1.165, 1.54) is 43.4 Å². The van der Waals surface area contributed by atoms with Crippen LogP contribution < -0.4 is 5.32 Å². The van der Waals surface area contributed by atoms with Crippen molar-refractivity contribution in [2.24, 2.45) is 5.92 Å². The summed E-state index contributed by atoms with van der Waals surface area (Å²) >= 11 is 1.53. The zero-order chi connectivity index (χ0) is 12.1. The Bertz CT molecular complexity index is 369. The summed E-state index contributed by atoms with van der Waals surface area (Å²) in [6.45, 7) is 2.00. The van der Waals surface area contributed by atoms with Crippen LogP contribution in [-0.4, -0.2) is 10.9 Å². The first kappa shape index (κ1) is 12.6. The molecule has 1 aromatic rings. The molecule has 17 heavy (non-hydrogen) atoms. The van der Waals surface area contributed by atoms with Crippen LogP contribution in [0.1, 0.15) is 49.8 Å². The molecule has 0 radical (unpaired) electrons. The molecule has 1 N–H and O–H groups in total. The molecule has 1 amide bonds. The Kier molecular flexibility index (Phi) is 4.54. The maximum Gasteiger partial charge on any atom is 0.226 e. The van der Waals surface area contributed by atoms with Crippen molar-refractivity contribution in [3.05, 3.63) is 11.1 Å². The summed E-state index contributed by atoms with van der Waals surface area (Å²) in [6.07, 6.45) is 10.2. The van der Waals surface area contributed by atoms with E-state index in [2.05, 4.69) is 10.3 Å². The second-order valence-corrected chi connectivity index (χ2v) is 6.10. The third kappa shape index (κ3) is 4.11. The second-order valence-electron chi connectivity index (χ2n) is 4.87. The van der Waals surface area contributed by atoms with Crippen molar-refractivity contribution in [3.63, 3.8) is 0 Å². The molecule has 1 aliphatic carbocycles. The molecule has 4 heteroatoms. The highest BCUT2D eigenvalue weighted by Gasteiger charge is 2.15. The summed E-state index contributed by atoms with van der Waals surface area (Å²) in [7, 11) is 0. The predicted molar refractivity (Wildman–Crippen MR) is 71.3 cm³/mol. The quantitative estimate of drug-likeness (QED) is 0.886. The fourth-order valence-corrected chi connectivity index (χ4v) is 3.09. The van der Waals surface area contributed by atoms with Gasteiger partial charge < -0.3 is 5.32 Å². The van der Waals surface area contributed by atoms with Crippen molar-refractivity contribution >= 4 is 22.4 Å². The van der Waals surface area contributed by atoms with Gasteiger partial charge in [-0.05, 0) is 19.3 Å². The molecule has 0 spiro atoms. The number of thiazole rings is 1. The Balaban J connectivity index is 1.70. The molecule has 3 nitrogen and oxygen atoms in total. The minimum Gasteiger partial charge on any atom is -0.302 e. The van der Waals surface area contributed by atoms with Crippen LogP contribution in [0.5, 0.6) is 0 Å². The van der Waals surface area contributed by atoms with Gasteiger partial charge >= 0.3 is 0 Å². The van der Waals surface area contributed by atoms with E-state index in [-0.39, 0.29) is 5.91 Å². The Morgan fingerprint density at radius 2 is 2.24 bits per heavy atom. The van der Waals surface area contributed by atoms with E-state index in [9.17, 15) is 4.79 Å². The average Bonchev–Trinajstić information content (AvgIpc) is 2.73. The molecule has 1 aromatic heterocycles. The monoisotopic (exact) mass is 252 g/mol. The van der Waals surface area contributed by atoms with Crippen LogP contribution in [0.3, 0.4) is 0 Å². The molecule has 0 bridgehead atoms. The maximum absolute atomic E-state index is 11.7. The number of aromatic nitrogens is 1. The van der Waals surface area contributed by atoms with Gasteiger partial charge in [0.1, 0.15) is 0 Å². The summed E-state index contributed by atoms with van der Waals surface area (Å²) < 4.78 is 0. The van der Waals surface area contributed by atoms with Gasteiger partial charge in [-0.2, -0.15) is 0 Å². The summed E-state index contributed by atoms with van der Waals surface area (Å²) in [4.78, 5) is 17.0. The van der Waals surface area contributed by atoms with Crippen molar-refractivity contribution in [2.75, 3.05) is 5.32 Å². The van der Waals surface area contributed by atoms with Gasteiger partial charge in [-0.1, -0.05) is 32.1 Å². The van der Waals surface area contributed by atoms with Gasteiger partial charge in [-0.15, -0.1) is 11.3 Å². The number of anilines is 1. The van der Waals surface area contributed by atoms with Crippen molar-refractivity contribution < 1.29 is 4.79 Å². The number of carbonyl (C=O) groups is 1. The smallest absolute Gasteiger partial charge is 0.226 e. The Hall–Kier alpha value is -0.900. The molecule has 94 valence electrons. The molecule has 1 aliphatic rings. The van der Waals surface area contributed by atoms with Crippen LogP contribution in [-0.2, 0) is 4.79 Å². The molecule has 0 atom stereocenters. The van der Waals surface area contributed by atoms with Crippen LogP contribution in [0, 0.1) is 12.8 Å². The summed E-state index contributed by atoms with van der Waals surface area (Å²) in [5.41, 5.74) is 0. The van der Waals surface area contributed by atoms with Gasteiger partial charge in [0.2, 0.25) is 5.91 Å². The second kappa shape index (κ2) is 6.15. The van der Waals surface area contributed by atoms with Crippen LogP contribution in [0.25, 0.3) is 0 Å². The number of rotatable bonds is 4. The first-order valence-corrected chi connectivity index (χ1v) is 7.28. The normalized spacial score (nSPS) is 17.0. The minimum atomic E-state index is 0.116. The summed E-state index contributed by atoms with van der Waals surface area (Å²) in [5.74, 6) is 0.887. The highest BCUT2D eigenvalue weighted by molar-refractivity contribution is 7.15. The first-order chi connectivity index (χ1) is 8.24. The van der Waals surface area contributed by atoms with Gasteiger partial charge in [-0.3, -0.25) is 4.79 Å². The number of nitrogens with one attached hydrogen (secondary N) is 1. The standard InChI is InChI=1S/C13H20N2OS/c1-10-9-14-13(17-10)15-12(16)8-7-11-5-3-2-4-6-11/h9,11H,2-8H2,1H3,(H,14,15,16). The molecule has 0 saturated heterocycles. The van der Waals surface area contributed by atoms with E-state index in [4.69, 9.17) is 0 Å². The Labute approximate surface area is 107 Å². The number of amides is 1. The van der Waals surface area contributed by atoms with Crippen LogP contribution in [0.15, 0.2) is 6.20 Å². The van der Waals surface area contributed by atoms with Gasteiger partial charge in [0.05, 0.1) is 0 Å². The third-order valence-corrected chi connectivity index (χ3v) is 4.20. The highest BCUT2D eigenvalue weighted by Crippen LogP contribution is 2.27. The first-order valence-electron chi connectivity index (χ1n) is 6.46. The lowest BCUT2D eigenvalue weighted by molar-refractivity contribution is -0.116. The molecule has 2 rings (SSSR count). The lowest BCUT2D eigenvalue weighted by Gasteiger charge is -2.20. The predicted octanol–water partition coefficient (Wildman–Crippen LogP) is 3.75.